The predicted octanol–water partition coefficient (Wildman–Crippen LogP) is 2.91. The maximum atomic E-state index is 12.1. The maximum absolute atomic E-state index is 12.1. The lowest BCUT2D eigenvalue weighted by molar-refractivity contribution is -0.137. The molecule has 1 aliphatic carbocycles. The summed E-state index contributed by atoms with van der Waals surface area (Å²) in [5.74, 6) is -0.464. The molecule has 0 heterocycles. The zero-order valence-electron chi connectivity index (χ0n) is 11.9. The van der Waals surface area contributed by atoms with Crippen molar-refractivity contribution in [1.29, 1.82) is 0 Å². The number of hydrogen-bond acceptors (Lipinski definition) is 2. The molecular formula is C15H19ClN2O3. The molecule has 2 amide bonds. The van der Waals surface area contributed by atoms with Gasteiger partial charge < -0.3 is 15.3 Å². The number of aliphatic carboxylic acids is 1. The minimum atomic E-state index is -0.911. The summed E-state index contributed by atoms with van der Waals surface area (Å²) in [5, 5.41) is 12.3. The molecule has 2 N–H and O–H groups in total. The van der Waals surface area contributed by atoms with Gasteiger partial charge in [0.25, 0.3) is 0 Å². The van der Waals surface area contributed by atoms with Gasteiger partial charge in [-0.25, -0.2) is 4.79 Å². The SMILES string of the molecule is CN(CCC(=O)O)C(=O)NC(c1ccc(Cl)cc1)C1CC1. The van der Waals surface area contributed by atoms with Gasteiger partial charge in [-0.15, -0.1) is 0 Å². The number of carbonyl (C=O) groups is 2. The molecule has 0 saturated heterocycles. The van der Waals surface area contributed by atoms with E-state index in [0.717, 1.165) is 18.4 Å². The molecule has 0 aromatic heterocycles. The summed E-state index contributed by atoms with van der Waals surface area (Å²) in [6, 6.07) is 7.18. The van der Waals surface area contributed by atoms with Gasteiger partial charge in [-0.05, 0) is 36.5 Å². The Bertz CT molecular complexity index is 514. The first kappa shape index (κ1) is 15.6. The highest BCUT2D eigenvalue weighted by atomic mass is 35.5. The van der Waals surface area contributed by atoms with E-state index in [-0.39, 0.29) is 25.0 Å². The van der Waals surface area contributed by atoms with Crippen molar-refractivity contribution in [3.8, 4) is 0 Å². The molecule has 21 heavy (non-hydrogen) atoms. The third-order valence-electron chi connectivity index (χ3n) is 3.61. The van der Waals surface area contributed by atoms with Crippen LogP contribution in [0.1, 0.15) is 30.9 Å². The molecule has 1 atom stereocenters. The molecule has 1 unspecified atom stereocenters. The number of carbonyl (C=O) groups excluding carboxylic acids is 1. The molecule has 0 radical (unpaired) electrons. The molecule has 6 heteroatoms. The van der Waals surface area contributed by atoms with Crippen LogP contribution in [0.15, 0.2) is 24.3 Å². The van der Waals surface area contributed by atoms with Crippen LogP contribution in [-0.4, -0.2) is 35.6 Å². The van der Waals surface area contributed by atoms with Crippen molar-refractivity contribution in [3.63, 3.8) is 0 Å². The Morgan fingerprint density at radius 3 is 2.52 bits per heavy atom. The van der Waals surface area contributed by atoms with E-state index < -0.39 is 5.97 Å². The van der Waals surface area contributed by atoms with Crippen LogP contribution in [0.25, 0.3) is 0 Å². The summed E-state index contributed by atoms with van der Waals surface area (Å²) in [6.45, 7) is 0.194. The van der Waals surface area contributed by atoms with E-state index in [9.17, 15) is 9.59 Å². The maximum Gasteiger partial charge on any atom is 0.317 e. The molecular weight excluding hydrogens is 292 g/mol. The van der Waals surface area contributed by atoms with Gasteiger partial charge in [0, 0.05) is 18.6 Å². The molecule has 5 nitrogen and oxygen atoms in total. The molecule has 1 aromatic carbocycles. The van der Waals surface area contributed by atoms with Crippen molar-refractivity contribution in [2.24, 2.45) is 5.92 Å². The van der Waals surface area contributed by atoms with E-state index in [1.807, 2.05) is 24.3 Å². The molecule has 2 rings (SSSR count). The highest BCUT2D eigenvalue weighted by Gasteiger charge is 2.33. The number of carboxylic acid groups (broad SMARTS) is 1. The van der Waals surface area contributed by atoms with Crippen molar-refractivity contribution in [3.05, 3.63) is 34.9 Å². The molecule has 1 saturated carbocycles. The molecule has 0 spiro atoms. The summed E-state index contributed by atoms with van der Waals surface area (Å²) >= 11 is 5.89. The number of hydrogen-bond donors (Lipinski definition) is 2. The Hall–Kier alpha value is -1.75. The van der Waals surface area contributed by atoms with Gasteiger partial charge in [-0.1, -0.05) is 23.7 Å². The van der Waals surface area contributed by atoms with E-state index in [2.05, 4.69) is 5.32 Å². The lowest BCUT2D eigenvalue weighted by Gasteiger charge is -2.23. The number of nitrogens with zero attached hydrogens (tertiary/aromatic N) is 1. The van der Waals surface area contributed by atoms with Crippen molar-refractivity contribution in [2.75, 3.05) is 13.6 Å². The molecule has 1 fully saturated rings. The Kier molecular flexibility index (Phi) is 5.07. The second kappa shape index (κ2) is 6.80. The lowest BCUT2D eigenvalue weighted by Crippen LogP contribution is -2.40. The Labute approximate surface area is 128 Å². The number of halogens is 1. The van der Waals surface area contributed by atoms with Crippen LogP contribution < -0.4 is 5.32 Å². The Morgan fingerprint density at radius 1 is 1.38 bits per heavy atom. The summed E-state index contributed by atoms with van der Waals surface area (Å²) in [6.07, 6.45) is 2.12. The molecule has 114 valence electrons. The molecule has 1 aliphatic rings. The standard InChI is InChI=1S/C15H19ClN2O3/c1-18(9-8-13(19)20)15(21)17-14(10-2-3-10)11-4-6-12(16)7-5-11/h4-7,10,14H,2-3,8-9H2,1H3,(H,17,21)(H,19,20). The first-order chi connectivity index (χ1) is 9.97. The van der Waals surface area contributed by atoms with E-state index >= 15 is 0 Å². The average molecular weight is 311 g/mol. The quantitative estimate of drug-likeness (QED) is 0.848. The van der Waals surface area contributed by atoms with Crippen LogP contribution in [0, 0.1) is 5.92 Å². The van der Waals surface area contributed by atoms with Crippen molar-refractivity contribution in [2.45, 2.75) is 25.3 Å². The highest BCUT2D eigenvalue weighted by Crippen LogP contribution is 2.41. The monoisotopic (exact) mass is 310 g/mol. The smallest absolute Gasteiger partial charge is 0.317 e. The fourth-order valence-electron chi connectivity index (χ4n) is 2.18. The topological polar surface area (TPSA) is 69.6 Å². The number of amides is 2. The molecule has 1 aromatic rings. The zero-order chi connectivity index (χ0) is 15.4. The second-order valence-electron chi connectivity index (χ2n) is 5.38. The average Bonchev–Trinajstić information content (AvgIpc) is 3.27. The van der Waals surface area contributed by atoms with Gasteiger partial charge in [0.1, 0.15) is 0 Å². The summed E-state index contributed by atoms with van der Waals surface area (Å²) in [4.78, 5) is 24.1. The minimum Gasteiger partial charge on any atom is -0.481 e. The third-order valence-corrected chi connectivity index (χ3v) is 3.86. The van der Waals surface area contributed by atoms with Crippen LogP contribution in [0.2, 0.25) is 5.02 Å². The van der Waals surface area contributed by atoms with E-state index in [1.165, 1.54) is 4.90 Å². The first-order valence-electron chi connectivity index (χ1n) is 6.96. The summed E-state index contributed by atoms with van der Waals surface area (Å²) in [5.41, 5.74) is 1.03. The normalized spacial score (nSPS) is 15.3. The van der Waals surface area contributed by atoms with Crippen LogP contribution >= 0.6 is 11.6 Å². The van der Waals surface area contributed by atoms with Crippen molar-refractivity contribution >= 4 is 23.6 Å². The fourth-order valence-corrected chi connectivity index (χ4v) is 2.31. The minimum absolute atomic E-state index is 0.0398. The van der Waals surface area contributed by atoms with Gasteiger partial charge in [-0.3, -0.25) is 4.79 Å². The van der Waals surface area contributed by atoms with Gasteiger partial charge in [0.2, 0.25) is 0 Å². The largest absolute Gasteiger partial charge is 0.481 e. The van der Waals surface area contributed by atoms with E-state index in [4.69, 9.17) is 16.7 Å². The predicted molar refractivity (Wildman–Crippen MR) is 80.3 cm³/mol. The van der Waals surface area contributed by atoms with Gasteiger partial charge in [0.05, 0.1) is 12.5 Å². The van der Waals surface area contributed by atoms with E-state index in [0.29, 0.717) is 10.9 Å². The number of nitrogens with one attached hydrogen (secondary N) is 1. The third kappa shape index (κ3) is 4.63. The number of benzene rings is 1. The van der Waals surface area contributed by atoms with Crippen LogP contribution in [0.5, 0.6) is 0 Å². The van der Waals surface area contributed by atoms with Crippen LogP contribution in [0.4, 0.5) is 4.79 Å². The Morgan fingerprint density at radius 2 is 2.00 bits per heavy atom. The first-order valence-corrected chi connectivity index (χ1v) is 7.34. The lowest BCUT2D eigenvalue weighted by atomic mass is 10.0. The van der Waals surface area contributed by atoms with Crippen LogP contribution in [0.3, 0.4) is 0 Å². The number of urea groups is 1. The van der Waals surface area contributed by atoms with Crippen molar-refractivity contribution < 1.29 is 14.7 Å². The Balaban J connectivity index is 1.98. The van der Waals surface area contributed by atoms with Gasteiger partial charge in [-0.2, -0.15) is 0 Å². The van der Waals surface area contributed by atoms with Gasteiger partial charge in [0.15, 0.2) is 0 Å². The second-order valence-corrected chi connectivity index (χ2v) is 5.82. The van der Waals surface area contributed by atoms with Crippen molar-refractivity contribution in [1.82, 2.24) is 10.2 Å². The van der Waals surface area contributed by atoms with Crippen LogP contribution in [-0.2, 0) is 4.79 Å². The zero-order valence-corrected chi connectivity index (χ0v) is 12.6. The molecule has 0 bridgehead atoms. The van der Waals surface area contributed by atoms with E-state index in [1.54, 1.807) is 7.05 Å². The fraction of sp³-hybridized carbons (Fsp3) is 0.467. The molecule has 0 aliphatic heterocycles. The van der Waals surface area contributed by atoms with Gasteiger partial charge >= 0.3 is 12.0 Å². The number of rotatable bonds is 6. The number of carboxylic acids is 1. The summed E-state index contributed by atoms with van der Waals surface area (Å²) in [7, 11) is 1.60. The summed E-state index contributed by atoms with van der Waals surface area (Å²) < 4.78 is 0. The highest BCUT2D eigenvalue weighted by molar-refractivity contribution is 6.30.